The minimum atomic E-state index is -0.407. The molecule has 1 aliphatic heterocycles. The zero-order valence-electron chi connectivity index (χ0n) is 25.3. The third-order valence-corrected chi connectivity index (χ3v) is 8.30. The molecule has 1 aliphatic rings. The molecular weight excluding hydrogens is 581 g/mol. The number of nitrogen functional groups attached to an aromatic ring is 1. The lowest BCUT2D eigenvalue weighted by Crippen LogP contribution is -2.56. The molecule has 0 spiro atoms. The second-order valence-electron chi connectivity index (χ2n) is 11.4. The molecule has 0 amide bonds. The van der Waals surface area contributed by atoms with Crippen LogP contribution in [0.1, 0.15) is 25.2 Å². The van der Waals surface area contributed by atoms with Gasteiger partial charge in [0.2, 0.25) is 5.82 Å². The number of aromatic nitrogens is 7. The molecule has 0 saturated carbocycles. The Hall–Kier alpha value is -5.80. The predicted octanol–water partition coefficient (Wildman–Crippen LogP) is 5.03. The summed E-state index contributed by atoms with van der Waals surface area (Å²) >= 11 is 0. The molecule has 1 fully saturated rings. The molecule has 12 heteroatoms. The van der Waals surface area contributed by atoms with Crippen molar-refractivity contribution in [2.45, 2.75) is 32.5 Å². The summed E-state index contributed by atoms with van der Waals surface area (Å²) in [4.78, 5) is 31.4. The number of pyridine rings is 3. The third kappa shape index (κ3) is 5.48. The Morgan fingerprint density at radius 1 is 0.870 bits per heavy atom. The molecule has 2 N–H and O–H groups in total. The van der Waals surface area contributed by atoms with Gasteiger partial charge < -0.3 is 10.6 Å². The molecule has 0 bridgehead atoms. The van der Waals surface area contributed by atoms with E-state index >= 15 is 0 Å². The highest BCUT2D eigenvalue weighted by Crippen LogP contribution is 2.32. The summed E-state index contributed by atoms with van der Waals surface area (Å²) in [5.41, 5.74) is 11.5. The molecular formula is C34H30FN11. The normalized spacial score (nSPS) is 16.9. The van der Waals surface area contributed by atoms with Crippen molar-refractivity contribution in [1.82, 2.24) is 39.4 Å². The summed E-state index contributed by atoms with van der Waals surface area (Å²) in [6, 6.07) is 23.2. The molecule has 11 nitrogen and oxygen atoms in total. The molecule has 0 radical (unpaired) electrons. The van der Waals surface area contributed by atoms with Crippen LogP contribution in [0, 0.1) is 17.1 Å². The average molecular weight is 612 g/mol. The van der Waals surface area contributed by atoms with Gasteiger partial charge in [-0.15, -0.1) is 0 Å². The summed E-state index contributed by atoms with van der Waals surface area (Å²) in [5, 5.41) is 9.22. The van der Waals surface area contributed by atoms with E-state index in [1.54, 1.807) is 18.5 Å². The van der Waals surface area contributed by atoms with Crippen LogP contribution in [0.25, 0.3) is 39.6 Å². The maximum absolute atomic E-state index is 13.6. The van der Waals surface area contributed by atoms with Crippen molar-refractivity contribution < 1.29 is 4.39 Å². The smallest absolute Gasteiger partial charge is 0.234 e. The molecule has 1 aromatic carbocycles. The van der Waals surface area contributed by atoms with Crippen molar-refractivity contribution >= 4 is 22.8 Å². The molecule has 228 valence electrons. The number of benzene rings is 1. The molecule has 5 aromatic heterocycles. The van der Waals surface area contributed by atoms with Gasteiger partial charge in [0.05, 0.1) is 23.1 Å². The van der Waals surface area contributed by atoms with Gasteiger partial charge in [-0.2, -0.15) is 5.26 Å². The van der Waals surface area contributed by atoms with Crippen molar-refractivity contribution in [3.05, 3.63) is 103 Å². The Bertz CT molecular complexity index is 2060. The van der Waals surface area contributed by atoms with E-state index in [9.17, 15) is 9.65 Å². The van der Waals surface area contributed by atoms with Gasteiger partial charge in [0.25, 0.3) is 0 Å². The number of imidazole rings is 1. The molecule has 46 heavy (non-hydrogen) atoms. The van der Waals surface area contributed by atoms with Gasteiger partial charge in [0, 0.05) is 49.8 Å². The Labute approximate surface area is 264 Å². The van der Waals surface area contributed by atoms with Gasteiger partial charge in [0.1, 0.15) is 29.0 Å². The van der Waals surface area contributed by atoms with Crippen molar-refractivity contribution in [2.24, 2.45) is 0 Å². The lowest BCUT2D eigenvalue weighted by molar-refractivity contribution is 0.123. The van der Waals surface area contributed by atoms with Crippen LogP contribution in [0.4, 0.5) is 16.0 Å². The van der Waals surface area contributed by atoms with E-state index in [0.29, 0.717) is 39.8 Å². The van der Waals surface area contributed by atoms with E-state index in [2.05, 4.69) is 67.8 Å². The largest absolute Gasteiger partial charge is 0.383 e. The van der Waals surface area contributed by atoms with Gasteiger partial charge in [-0.05, 0) is 74.0 Å². The molecule has 6 aromatic rings. The maximum atomic E-state index is 13.6. The standard InChI is InChI=1S/C34H30FN11/c1-21-18-44(31-13-15-38-30(16-36)43-31)19-22(2)45(21)20-23-5-8-25(9-6-23)46-33(26-4-3-14-39-32(26)37)42-29-12-11-28(41-34(29)46)27-10-7-24(35)17-40-27/h3-15,17,21-22H,18-20H2,1-2H3,(H2,37,39)/t21-,22+. The number of hydrogen-bond donors (Lipinski definition) is 1. The summed E-state index contributed by atoms with van der Waals surface area (Å²) in [5.74, 6) is 1.53. The number of nitrogens with zero attached hydrogens (tertiary/aromatic N) is 10. The number of nitrogens with two attached hydrogens (primary N) is 1. The van der Waals surface area contributed by atoms with E-state index in [1.165, 1.54) is 17.8 Å². The summed E-state index contributed by atoms with van der Waals surface area (Å²) in [6.45, 7) is 6.78. The summed E-state index contributed by atoms with van der Waals surface area (Å²) in [7, 11) is 0. The highest BCUT2D eigenvalue weighted by atomic mass is 19.1. The Morgan fingerprint density at radius 3 is 2.37 bits per heavy atom. The first-order chi connectivity index (χ1) is 22.4. The van der Waals surface area contributed by atoms with Crippen LogP contribution in [0.3, 0.4) is 0 Å². The Morgan fingerprint density at radius 2 is 1.65 bits per heavy atom. The molecule has 6 heterocycles. The average Bonchev–Trinajstić information content (AvgIpc) is 3.45. The minimum Gasteiger partial charge on any atom is -0.383 e. The Balaban J connectivity index is 1.20. The van der Waals surface area contributed by atoms with Gasteiger partial charge in [-0.25, -0.2) is 29.3 Å². The Kier molecular flexibility index (Phi) is 7.52. The predicted molar refractivity (Wildman–Crippen MR) is 173 cm³/mol. The van der Waals surface area contributed by atoms with Gasteiger partial charge in [0.15, 0.2) is 11.5 Å². The summed E-state index contributed by atoms with van der Waals surface area (Å²) < 4.78 is 15.5. The van der Waals surface area contributed by atoms with E-state index in [1.807, 2.05) is 41.0 Å². The first-order valence-electron chi connectivity index (χ1n) is 14.9. The highest BCUT2D eigenvalue weighted by Gasteiger charge is 2.30. The van der Waals surface area contributed by atoms with Crippen molar-refractivity contribution in [2.75, 3.05) is 23.7 Å². The molecule has 7 rings (SSSR count). The van der Waals surface area contributed by atoms with Crippen LogP contribution in [0.2, 0.25) is 0 Å². The number of hydrogen-bond acceptors (Lipinski definition) is 10. The van der Waals surface area contributed by atoms with Crippen LogP contribution in [-0.4, -0.2) is 64.5 Å². The topological polar surface area (TPSA) is 139 Å². The number of nitriles is 1. The van der Waals surface area contributed by atoms with Crippen LogP contribution < -0.4 is 10.6 Å². The van der Waals surface area contributed by atoms with Crippen LogP contribution >= 0.6 is 0 Å². The number of anilines is 2. The molecule has 0 unspecified atom stereocenters. The van der Waals surface area contributed by atoms with Gasteiger partial charge in [-0.3, -0.25) is 14.5 Å². The second-order valence-corrected chi connectivity index (χ2v) is 11.4. The molecule has 0 aliphatic carbocycles. The maximum Gasteiger partial charge on any atom is 0.234 e. The first-order valence-corrected chi connectivity index (χ1v) is 14.9. The van der Waals surface area contributed by atoms with Gasteiger partial charge in [-0.1, -0.05) is 12.1 Å². The zero-order valence-corrected chi connectivity index (χ0v) is 25.3. The molecule has 1 saturated heterocycles. The first kappa shape index (κ1) is 28.9. The SMILES string of the molecule is C[C@@H]1CN(c2ccnc(C#N)n2)C[C@H](C)N1Cc1ccc(-n2c(-c3cccnc3N)nc3ccc(-c4ccc(F)cn4)nc32)cc1. The van der Waals surface area contributed by atoms with Crippen LogP contribution in [0.15, 0.2) is 85.3 Å². The number of fused-ring (bicyclic) bond motifs is 1. The molecule has 2 atom stereocenters. The van der Waals surface area contributed by atoms with E-state index in [0.717, 1.165) is 31.1 Å². The van der Waals surface area contributed by atoms with Crippen LogP contribution in [-0.2, 0) is 6.54 Å². The fraction of sp³-hybridized carbons (Fsp3) is 0.206. The van der Waals surface area contributed by atoms with Crippen LogP contribution in [0.5, 0.6) is 0 Å². The second kappa shape index (κ2) is 11.9. The third-order valence-electron chi connectivity index (χ3n) is 8.30. The lowest BCUT2D eigenvalue weighted by Gasteiger charge is -2.45. The van der Waals surface area contributed by atoms with Gasteiger partial charge >= 0.3 is 0 Å². The quantitative estimate of drug-likeness (QED) is 0.273. The van der Waals surface area contributed by atoms with Crippen molar-refractivity contribution in [3.63, 3.8) is 0 Å². The van der Waals surface area contributed by atoms with Crippen molar-refractivity contribution in [1.29, 1.82) is 5.26 Å². The summed E-state index contributed by atoms with van der Waals surface area (Å²) in [6.07, 6.45) is 4.47. The monoisotopic (exact) mass is 611 g/mol. The van der Waals surface area contributed by atoms with E-state index in [-0.39, 0.29) is 17.9 Å². The highest BCUT2D eigenvalue weighted by molar-refractivity contribution is 5.84. The fourth-order valence-corrected chi connectivity index (χ4v) is 6.05. The van der Waals surface area contributed by atoms with E-state index in [4.69, 9.17) is 15.7 Å². The number of halogens is 1. The minimum absolute atomic E-state index is 0.180. The number of piperazine rings is 1. The lowest BCUT2D eigenvalue weighted by atomic mass is 10.1. The fourth-order valence-electron chi connectivity index (χ4n) is 6.05. The van der Waals surface area contributed by atoms with Crippen molar-refractivity contribution in [3.8, 4) is 34.5 Å². The number of rotatable bonds is 6. The van der Waals surface area contributed by atoms with E-state index < -0.39 is 5.82 Å². The zero-order chi connectivity index (χ0) is 31.8.